The van der Waals surface area contributed by atoms with E-state index in [4.69, 9.17) is 0 Å². The topological polar surface area (TPSA) is 62.3 Å². The van der Waals surface area contributed by atoms with E-state index in [0.717, 1.165) is 89.1 Å². The van der Waals surface area contributed by atoms with Crippen LogP contribution in [0.4, 0.5) is 5.69 Å². The zero-order valence-corrected chi connectivity index (χ0v) is 26.0. The van der Waals surface area contributed by atoms with E-state index in [0.29, 0.717) is 24.5 Å². The van der Waals surface area contributed by atoms with Crippen LogP contribution in [0.25, 0.3) is 0 Å². The molecule has 3 saturated heterocycles. The highest BCUT2D eigenvalue weighted by molar-refractivity contribution is 5.93. The van der Waals surface area contributed by atoms with E-state index in [9.17, 15) is 9.90 Å². The number of fused-ring (bicyclic) bond motifs is 2. The first-order valence-electron chi connectivity index (χ1n) is 16.7. The van der Waals surface area contributed by atoms with E-state index in [1.165, 1.54) is 37.9 Å². The van der Waals surface area contributed by atoms with Crippen molar-refractivity contribution in [1.29, 1.82) is 0 Å². The van der Waals surface area contributed by atoms with Crippen molar-refractivity contribution in [3.05, 3.63) is 30.3 Å². The molecule has 7 heteroatoms. The van der Waals surface area contributed by atoms with Crippen molar-refractivity contribution in [2.75, 3.05) is 71.0 Å². The van der Waals surface area contributed by atoms with E-state index in [1.54, 1.807) is 0 Å². The molecule has 41 heavy (non-hydrogen) atoms. The van der Waals surface area contributed by atoms with Crippen molar-refractivity contribution >= 4 is 11.6 Å². The molecule has 0 radical (unpaired) electrons. The lowest BCUT2D eigenvalue weighted by atomic mass is 9.45. The number of piperidine rings is 2. The Kier molecular flexibility index (Phi) is 8.45. The second-order valence-electron chi connectivity index (χ2n) is 14.9. The summed E-state index contributed by atoms with van der Waals surface area (Å²) in [7, 11) is 2.11. The molecule has 2 bridgehead atoms. The van der Waals surface area contributed by atoms with Crippen molar-refractivity contribution in [3.63, 3.8) is 0 Å². The van der Waals surface area contributed by atoms with Crippen molar-refractivity contribution in [2.45, 2.75) is 82.8 Å². The summed E-state index contributed by atoms with van der Waals surface area (Å²) in [5, 5.41) is 14.3. The maximum Gasteiger partial charge on any atom is 0.250 e. The van der Waals surface area contributed by atoms with Crippen molar-refractivity contribution in [3.8, 4) is 0 Å². The van der Waals surface area contributed by atoms with Gasteiger partial charge in [-0.05, 0) is 126 Å². The Balaban J connectivity index is 1.04. The van der Waals surface area contributed by atoms with Crippen LogP contribution in [0.2, 0.25) is 0 Å². The highest BCUT2D eigenvalue weighted by Gasteiger charge is 2.55. The molecule has 1 spiro atoms. The third-order valence-electron chi connectivity index (χ3n) is 12.1. The van der Waals surface area contributed by atoms with Gasteiger partial charge in [0.05, 0.1) is 12.3 Å². The Labute approximate surface area is 248 Å². The highest BCUT2D eigenvalue weighted by Crippen LogP contribution is 2.62. The molecule has 3 heterocycles. The van der Waals surface area contributed by atoms with E-state index < -0.39 is 11.1 Å². The zero-order chi connectivity index (χ0) is 28.7. The molecule has 0 aromatic heterocycles. The number of rotatable bonds is 10. The molecular formula is C34H55N5O2. The number of hydrogen-bond donors (Lipinski definition) is 2. The summed E-state index contributed by atoms with van der Waals surface area (Å²) in [5.74, 6) is 3.12. The number of nitrogens with one attached hydrogen (secondary N) is 1. The number of benzene rings is 1. The van der Waals surface area contributed by atoms with E-state index >= 15 is 0 Å². The minimum absolute atomic E-state index is 0.329. The lowest BCUT2D eigenvalue weighted by Gasteiger charge is -2.60. The number of para-hydroxylation sites is 1. The van der Waals surface area contributed by atoms with Crippen LogP contribution in [0.5, 0.6) is 0 Å². The van der Waals surface area contributed by atoms with Crippen LogP contribution >= 0.6 is 0 Å². The van der Waals surface area contributed by atoms with Gasteiger partial charge in [0.2, 0.25) is 5.91 Å². The number of nitrogens with zero attached hydrogens (tertiary/aromatic N) is 4. The van der Waals surface area contributed by atoms with Gasteiger partial charge in [0.1, 0.15) is 5.54 Å². The van der Waals surface area contributed by atoms with Gasteiger partial charge in [0.15, 0.2) is 0 Å². The summed E-state index contributed by atoms with van der Waals surface area (Å²) in [6, 6.07) is 10.6. The van der Waals surface area contributed by atoms with Gasteiger partial charge in [-0.25, -0.2) is 0 Å². The summed E-state index contributed by atoms with van der Waals surface area (Å²) >= 11 is 0. The molecule has 6 fully saturated rings. The predicted molar refractivity (Wildman–Crippen MR) is 166 cm³/mol. The molecule has 7 nitrogen and oxygen atoms in total. The summed E-state index contributed by atoms with van der Waals surface area (Å²) in [6.07, 6.45) is 10.0. The fourth-order valence-corrected chi connectivity index (χ4v) is 9.34. The molecule has 1 amide bonds. The van der Waals surface area contributed by atoms with E-state index in [2.05, 4.69) is 76.1 Å². The molecule has 1 aromatic carbocycles. The molecule has 3 unspecified atom stereocenters. The first kappa shape index (κ1) is 29.4. The van der Waals surface area contributed by atoms with Gasteiger partial charge in [-0.1, -0.05) is 32.0 Å². The van der Waals surface area contributed by atoms with Crippen LogP contribution in [0.15, 0.2) is 30.3 Å². The second kappa shape index (κ2) is 11.8. The number of amides is 1. The summed E-state index contributed by atoms with van der Waals surface area (Å²) in [6.45, 7) is 13.1. The third kappa shape index (κ3) is 5.81. The minimum atomic E-state index is -0.584. The highest BCUT2D eigenvalue weighted by atomic mass is 16.3. The third-order valence-corrected chi connectivity index (χ3v) is 12.1. The molecule has 2 N–H and O–H groups in total. The van der Waals surface area contributed by atoms with Crippen molar-refractivity contribution < 1.29 is 9.90 Å². The van der Waals surface area contributed by atoms with Gasteiger partial charge in [-0.15, -0.1) is 0 Å². The molecular weight excluding hydrogens is 510 g/mol. The second-order valence-corrected chi connectivity index (χ2v) is 14.9. The zero-order valence-electron chi connectivity index (χ0n) is 26.0. The van der Waals surface area contributed by atoms with Gasteiger partial charge >= 0.3 is 0 Å². The number of hydrogen-bond acceptors (Lipinski definition) is 6. The van der Waals surface area contributed by atoms with Crippen LogP contribution in [0.1, 0.15) is 71.6 Å². The first-order valence-corrected chi connectivity index (χ1v) is 16.7. The number of anilines is 1. The maximum atomic E-state index is 14.1. The van der Waals surface area contributed by atoms with Crippen LogP contribution in [0.3, 0.4) is 0 Å². The summed E-state index contributed by atoms with van der Waals surface area (Å²) in [4.78, 5) is 23.6. The van der Waals surface area contributed by atoms with Crippen LogP contribution in [-0.4, -0.2) is 103 Å². The van der Waals surface area contributed by atoms with Gasteiger partial charge in [-0.3, -0.25) is 4.79 Å². The lowest BCUT2D eigenvalue weighted by molar-refractivity contribution is -0.133. The Morgan fingerprint density at radius 3 is 2.44 bits per heavy atom. The van der Waals surface area contributed by atoms with E-state index in [1.807, 2.05) is 0 Å². The minimum Gasteiger partial charge on any atom is -0.388 e. The average Bonchev–Trinajstić information content (AvgIpc) is 3.24. The molecule has 7 rings (SSSR count). The van der Waals surface area contributed by atoms with E-state index in [-0.39, 0.29) is 0 Å². The van der Waals surface area contributed by atoms with Gasteiger partial charge in [-0.2, -0.15) is 0 Å². The molecule has 3 saturated carbocycles. The first-order chi connectivity index (χ1) is 19.7. The van der Waals surface area contributed by atoms with Crippen molar-refractivity contribution in [2.24, 2.45) is 23.2 Å². The Bertz CT molecular complexity index is 1030. The normalized spacial score (nSPS) is 30.7. The summed E-state index contributed by atoms with van der Waals surface area (Å²) in [5.41, 5.74) is 0.735. The predicted octanol–water partition coefficient (Wildman–Crippen LogP) is 4.03. The smallest absolute Gasteiger partial charge is 0.250 e. The fraction of sp³-hybridized carbons (Fsp3) is 0.794. The molecule has 3 aliphatic heterocycles. The van der Waals surface area contributed by atoms with Gasteiger partial charge in [0.25, 0.3) is 0 Å². The fourth-order valence-electron chi connectivity index (χ4n) is 9.34. The number of carbonyl (C=O) groups excluding carboxylic acids is 1. The largest absolute Gasteiger partial charge is 0.388 e. The quantitative estimate of drug-likeness (QED) is 0.447. The lowest BCUT2D eigenvalue weighted by Crippen LogP contribution is -2.57. The molecule has 228 valence electrons. The number of aliphatic hydroxyl groups is 1. The van der Waals surface area contributed by atoms with Gasteiger partial charge < -0.3 is 30.0 Å². The Morgan fingerprint density at radius 2 is 1.76 bits per heavy atom. The molecule has 3 aliphatic carbocycles. The molecule has 3 atom stereocenters. The monoisotopic (exact) mass is 565 g/mol. The number of likely N-dealkylation sites (N-methyl/N-ethyl adjacent to an activating group) is 1. The average molecular weight is 566 g/mol. The summed E-state index contributed by atoms with van der Waals surface area (Å²) < 4.78 is 0. The van der Waals surface area contributed by atoms with Gasteiger partial charge in [0, 0.05) is 31.9 Å². The number of likely N-dealkylation sites (tertiary alicyclic amines) is 1. The molecule has 1 aromatic rings. The Hall–Kier alpha value is -1.67. The number of carbonyl (C=O) groups is 1. The van der Waals surface area contributed by atoms with Crippen molar-refractivity contribution in [1.82, 2.24) is 20.0 Å². The Morgan fingerprint density at radius 1 is 1.02 bits per heavy atom. The SMILES string of the molecule is CN(CCCN1CN(c2ccccc2)C2(CCN(CCC3CCC4CC3C4(C)C)CC2)C1=O)CC1(O)CCNCC1. The van der Waals surface area contributed by atoms with Crippen LogP contribution in [0, 0.1) is 23.2 Å². The molecule has 6 aliphatic rings. The maximum absolute atomic E-state index is 14.1. The standard InChI is InChI=1S/C34H55N5O2/c1-32(2)28-11-10-27(30(32)24-28)12-21-37-22-15-34(16-23-37)31(40)38(26-39(34)29-8-5-4-6-9-29)20-7-19-36(3)25-33(41)13-17-35-18-14-33/h4-6,8-9,27-28,30,35,41H,7,10-26H2,1-3H3. The van der Waals surface area contributed by atoms with Crippen LogP contribution < -0.4 is 10.2 Å². The van der Waals surface area contributed by atoms with Crippen LogP contribution in [-0.2, 0) is 4.79 Å².